The second-order valence-electron chi connectivity index (χ2n) is 4.54. The van der Waals surface area contributed by atoms with Crippen molar-refractivity contribution in [2.45, 2.75) is 19.4 Å². The van der Waals surface area contributed by atoms with Crippen LogP contribution in [0.25, 0.3) is 0 Å². The Hall–Kier alpha value is -1.26. The summed E-state index contributed by atoms with van der Waals surface area (Å²) in [4.78, 5) is 13.4. The molecule has 0 aromatic heterocycles. The van der Waals surface area contributed by atoms with Crippen molar-refractivity contribution in [3.63, 3.8) is 0 Å². The molecule has 4 nitrogen and oxygen atoms in total. The van der Waals surface area contributed by atoms with Gasteiger partial charge in [-0.15, -0.1) is 0 Å². The van der Waals surface area contributed by atoms with E-state index < -0.39 is 5.60 Å². The van der Waals surface area contributed by atoms with Gasteiger partial charge < -0.3 is 10.5 Å². The molecule has 17 heavy (non-hydrogen) atoms. The van der Waals surface area contributed by atoms with Gasteiger partial charge in [0.25, 0.3) is 0 Å². The van der Waals surface area contributed by atoms with Crippen molar-refractivity contribution < 1.29 is 9.53 Å². The summed E-state index contributed by atoms with van der Waals surface area (Å²) in [6.45, 7) is 4.51. The summed E-state index contributed by atoms with van der Waals surface area (Å²) in [7, 11) is 0. The molecule has 2 N–H and O–H groups in total. The van der Waals surface area contributed by atoms with Crippen LogP contribution >= 0.6 is 11.6 Å². The van der Waals surface area contributed by atoms with Crippen molar-refractivity contribution in [2.24, 2.45) is 5.73 Å². The van der Waals surface area contributed by atoms with Crippen LogP contribution in [0.3, 0.4) is 0 Å². The minimum absolute atomic E-state index is 0.307. The van der Waals surface area contributed by atoms with Crippen LogP contribution in [0.1, 0.15) is 12.5 Å². The number of anilines is 1. The van der Waals surface area contributed by atoms with Crippen molar-refractivity contribution in [3.8, 4) is 0 Å². The topological polar surface area (TPSA) is 55.6 Å². The van der Waals surface area contributed by atoms with Crippen molar-refractivity contribution in [2.75, 3.05) is 18.0 Å². The van der Waals surface area contributed by atoms with Crippen LogP contribution < -0.4 is 10.6 Å². The van der Waals surface area contributed by atoms with E-state index in [-0.39, 0.29) is 6.09 Å². The zero-order valence-electron chi connectivity index (χ0n) is 9.87. The molecular weight excluding hydrogens is 240 g/mol. The van der Waals surface area contributed by atoms with Gasteiger partial charge in [-0.2, -0.15) is 0 Å². The minimum atomic E-state index is -0.608. The normalized spacial score (nSPS) is 24.0. The third-order valence-corrected chi connectivity index (χ3v) is 3.16. The summed E-state index contributed by atoms with van der Waals surface area (Å²) in [5.74, 6) is 0. The van der Waals surface area contributed by atoms with Crippen molar-refractivity contribution in [1.29, 1.82) is 0 Å². The number of carbonyl (C=O) groups is 1. The predicted molar refractivity (Wildman–Crippen MR) is 67.5 cm³/mol. The van der Waals surface area contributed by atoms with Crippen LogP contribution in [0.2, 0.25) is 5.02 Å². The van der Waals surface area contributed by atoms with E-state index in [9.17, 15) is 4.79 Å². The molecule has 1 unspecified atom stereocenters. The van der Waals surface area contributed by atoms with Crippen LogP contribution in [-0.2, 0) is 4.74 Å². The number of hydrogen-bond donors (Lipinski definition) is 1. The molecule has 5 heteroatoms. The molecule has 1 aromatic carbocycles. The van der Waals surface area contributed by atoms with Crippen LogP contribution in [0, 0.1) is 6.92 Å². The van der Waals surface area contributed by atoms with Gasteiger partial charge in [0.15, 0.2) is 0 Å². The average molecular weight is 255 g/mol. The van der Waals surface area contributed by atoms with Crippen LogP contribution in [0.4, 0.5) is 10.5 Å². The predicted octanol–water partition coefficient (Wildman–Crippen LogP) is 2.32. The molecule has 0 radical (unpaired) electrons. The van der Waals surface area contributed by atoms with Gasteiger partial charge in [-0.05, 0) is 37.6 Å². The molecule has 1 aliphatic heterocycles. The Bertz CT molecular complexity index is 464. The number of cyclic esters (lactones) is 1. The average Bonchev–Trinajstić information content (AvgIpc) is 2.55. The third-order valence-electron chi connectivity index (χ3n) is 2.93. The monoisotopic (exact) mass is 254 g/mol. The highest BCUT2D eigenvalue weighted by molar-refractivity contribution is 6.30. The fourth-order valence-electron chi connectivity index (χ4n) is 1.91. The number of amides is 1. The molecular formula is C12H15ClN2O2. The summed E-state index contributed by atoms with van der Waals surface area (Å²) in [5.41, 5.74) is 6.76. The van der Waals surface area contributed by atoms with Gasteiger partial charge in [0, 0.05) is 11.6 Å². The second-order valence-corrected chi connectivity index (χ2v) is 4.98. The quantitative estimate of drug-likeness (QED) is 0.881. The first kappa shape index (κ1) is 12.2. The third kappa shape index (κ3) is 2.23. The van der Waals surface area contributed by atoms with Crippen molar-refractivity contribution in [3.05, 3.63) is 28.8 Å². The van der Waals surface area contributed by atoms with E-state index >= 15 is 0 Å². The largest absolute Gasteiger partial charge is 0.440 e. The Morgan fingerprint density at radius 2 is 2.29 bits per heavy atom. The van der Waals surface area contributed by atoms with E-state index in [0.29, 0.717) is 18.1 Å². The lowest BCUT2D eigenvalue weighted by atomic mass is 10.1. The number of nitrogens with zero attached hydrogens (tertiary/aromatic N) is 1. The molecule has 0 saturated carbocycles. The summed E-state index contributed by atoms with van der Waals surface area (Å²) in [6.07, 6.45) is -0.358. The molecule has 1 aromatic rings. The number of carbonyl (C=O) groups excluding carboxylic acids is 1. The van der Waals surface area contributed by atoms with Crippen molar-refractivity contribution in [1.82, 2.24) is 0 Å². The lowest BCUT2D eigenvalue weighted by molar-refractivity contribution is 0.0789. The molecule has 1 heterocycles. The maximum atomic E-state index is 11.8. The number of aryl methyl sites for hydroxylation is 1. The van der Waals surface area contributed by atoms with E-state index in [0.717, 1.165) is 11.3 Å². The molecule has 0 aliphatic carbocycles. The first-order valence-corrected chi connectivity index (χ1v) is 5.80. The van der Waals surface area contributed by atoms with E-state index in [1.165, 1.54) is 0 Å². The summed E-state index contributed by atoms with van der Waals surface area (Å²) in [6, 6.07) is 5.40. The second kappa shape index (κ2) is 4.20. The number of benzene rings is 1. The lowest BCUT2D eigenvalue weighted by Gasteiger charge is -2.19. The Morgan fingerprint density at radius 1 is 1.59 bits per heavy atom. The van der Waals surface area contributed by atoms with E-state index in [2.05, 4.69) is 0 Å². The van der Waals surface area contributed by atoms with Crippen LogP contribution in [0.15, 0.2) is 18.2 Å². The Labute approximate surface area is 105 Å². The highest BCUT2D eigenvalue weighted by atomic mass is 35.5. The smallest absolute Gasteiger partial charge is 0.415 e. The zero-order chi connectivity index (χ0) is 12.6. The first-order valence-electron chi connectivity index (χ1n) is 5.42. The van der Waals surface area contributed by atoms with Gasteiger partial charge in [-0.1, -0.05) is 11.6 Å². The van der Waals surface area contributed by atoms with E-state index in [1.54, 1.807) is 11.0 Å². The SMILES string of the molecule is Cc1cc(Cl)ccc1N1CC(C)(CN)OC1=O. The van der Waals surface area contributed by atoms with E-state index in [1.807, 2.05) is 26.0 Å². The Kier molecular flexibility index (Phi) is 3.02. The molecule has 1 amide bonds. The molecule has 0 bridgehead atoms. The highest BCUT2D eigenvalue weighted by Crippen LogP contribution is 2.30. The van der Waals surface area contributed by atoms with Crippen LogP contribution in [0.5, 0.6) is 0 Å². The number of ether oxygens (including phenoxy) is 1. The molecule has 0 spiro atoms. The van der Waals surface area contributed by atoms with Gasteiger partial charge in [0.2, 0.25) is 0 Å². The van der Waals surface area contributed by atoms with Crippen LogP contribution in [-0.4, -0.2) is 24.8 Å². The lowest BCUT2D eigenvalue weighted by Crippen LogP contribution is -2.38. The Morgan fingerprint density at radius 3 is 2.82 bits per heavy atom. The molecule has 92 valence electrons. The number of halogens is 1. The standard InChI is InChI=1S/C12H15ClN2O2/c1-8-5-9(13)3-4-10(8)15-7-12(2,6-14)17-11(15)16/h3-5H,6-7,14H2,1-2H3. The fraction of sp³-hybridized carbons (Fsp3) is 0.417. The molecule has 1 aliphatic rings. The fourth-order valence-corrected chi connectivity index (χ4v) is 2.14. The van der Waals surface area contributed by atoms with Crippen molar-refractivity contribution >= 4 is 23.4 Å². The molecule has 1 fully saturated rings. The van der Waals surface area contributed by atoms with Gasteiger partial charge in [0.1, 0.15) is 5.60 Å². The van der Waals surface area contributed by atoms with Gasteiger partial charge in [-0.25, -0.2) is 4.79 Å². The van der Waals surface area contributed by atoms with Gasteiger partial charge >= 0.3 is 6.09 Å². The van der Waals surface area contributed by atoms with Gasteiger partial charge in [0.05, 0.1) is 12.2 Å². The summed E-state index contributed by atoms with van der Waals surface area (Å²) >= 11 is 5.89. The zero-order valence-corrected chi connectivity index (χ0v) is 10.6. The summed E-state index contributed by atoms with van der Waals surface area (Å²) < 4.78 is 5.28. The molecule has 1 saturated heterocycles. The number of rotatable bonds is 2. The highest BCUT2D eigenvalue weighted by Gasteiger charge is 2.41. The number of hydrogen-bond acceptors (Lipinski definition) is 3. The molecule has 1 atom stereocenters. The van der Waals surface area contributed by atoms with Gasteiger partial charge in [-0.3, -0.25) is 4.90 Å². The number of nitrogens with two attached hydrogens (primary N) is 1. The van der Waals surface area contributed by atoms with E-state index in [4.69, 9.17) is 22.1 Å². The molecule has 2 rings (SSSR count). The maximum absolute atomic E-state index is 11.8. The maximum Gasteiger partial charge on any atom is 0.415 e. The first-order chi connectivity index (χ1) is 7.95. The minimum Gasteiger partial charge on any atom is -0.440 e. The Balaban J connectivity index is 2.32. The summed E-state index contributed by atoms with van der Waals surface area (Å²) in [5, 5.41) is 0.653.